The second kappa shape index (κ2) is 5.71. The minimum Gasteiger partial charge on any atom is -0.390 e. The molecule has 3 rings (SSSR count). The van der Waals surface area contributed by atoms with E-state index in [-0.39, 0.29) is 6.61 Å². The summed E-state index contributed by atoms with van der Waals surface area (Å²) >= 11 is 1.61. The van der Waals surface area contributed by atoms with E-state index < -0.39 is 0 Å². The van der Waals surface area contributed by atoms with Crippen LogP contribution in [-0.4, -0.2) is 52.1 Å². The number of likely N-dealkylation sites (N-methyl/N-ethyl adjacent to an activating group) is 2. The first kappa shape index (κ1) is 13.9. The van der Waals surface area contributed by atoms with Gasteiger partial charge in [0.05, 0.1) is 12.3 Å². The quantitative estimate of drug-likeness (QED) is 0.913. The average Bonchev–Trinajstić information content (AvgIpc) is 3.12. The highest BCUT2D eigenvalue weighted by Gasteiger charge is 2.26. The Kier molecular flexibility index (Phi) is 3.96. The first-order chi connectivity index (χ1) is 9.74. The molecule has 3 heterocycles. The third-order valence-corrected chi connectivity index (χ3v) is 5.00. The summed E-state index contributed by atoms with van der Waals surface area (Å²) in [6, 6.07) is 0.608. The maximum atomic E-state index is 9.64. The highest BCUT2D eigenvalue weighted by molar-refractivity contribution is 7.15. The summed E-state index contributed by atoms with van der Waals surface area (Å²) in [4.78, 5) is 10.4. The number of thiazole rings is 1. The topological polar surface area (TPSA) is 44.0 Å². The Labute approximate surface area is 123 Å². The van der Waals surface area contributed by atoms with E-state index >= 15 is 0 Å². The van der Waals surface area contributed by atoms with Crippen LogP contribution in [-0.2, 0) is 6.61 Å². The van der Waals surface area contributed by atoms with Crippen LogP contribution in [0.15, 0.2) is 11.6 Å². The normalized spacial score (nSPS) is 20.1. The van der Waals surface area contributed by atoms with Gasteiger partial charge in [0, 0.05) is 31.2 Å². The highest BCUT2D eigenvalue weighted by Crippen LogP contribution is 2.26. The zero-order chi connectivity index (χ0) is 14.1. The Morgan fingerprint density at radius 3 is 3.15 bits per heavy atom. The van der Waals surface area contributed by atoms with Crippen molar-refractivity contribution in [3.8, 4) is 0 Å². The smallest absolute Gasteiger partial charge is 0.195 e. The van der Waals surface area contributed by atoms with Gasteiger partial charge < -0.3 is 10.0 Å². The fourth-order valence-electron chi connectivity index (χ4n) is 3.19. The Morgan fingerprint density at radius 1 is 1.55 bits per heavy atom. The number of hydrogen-bond donors (Lipinski definition) is 1. The lowest BCUT2D eigenvalue weighted by molar-refractivity contribution is 0.267. The lowest BCUT2D eigenvalue weighted by Crippen LogP contribution is -2.39. The molecule has 1 aliphatic rings. The summed E-state index contributed by atoms with van der Waals surface area (Å²) in [6.07, 6.45) is 4.52. The summed E-state index contributed by atoms with van der Waals surface area (Å²) in [5.41, 5.74) is 0.893. The van der Waals surface area contributed by atoms with E-state index in [1.807, 2.05) is 16.0 Å². The number of hydrogen-bond acceptors (Lipinski definition) is 5. The molecular formula is C14H22N4OS. The van der Waals surface area contributed by atoms with Crippen molar-refractivity contribution in [1.82, 2.24) is 14.3 Å². The van der Waals surface area contributed by atoms with E-state index in [9.17, 15) is 5.11 Å². The van der Waals surface area contributed by atoms with Crippen LogP contribution < -0.4 is 4.90 Å². The van der Waals surface area contributed by atoms with Crippen molar-refractivity contribution in [2.75, 3.05) is 31.6 Å². The molecule has 5 nitrogen and oxygen atoms in total. The van der Waals surface area contributed by atoms with Gasteiger partial charge in [0.25, 0.3) is 0 Å². The number of aromatic nitrogens is 2. The van der Waals surface area contributed by atoms with Crippen molar-refractivity contribution in [2.24, 2.45) is 0 Å². The number of aliphatic hydroxyl groups is 1. The van der Waals surface area contributed by atoms with Crippen molar-refractivity contribution >= 4 is 22.1 Å². The molecule has 1 saturated heterocycles. The van der Waals surface area contributed by atoms with Crippen molar-refractivity contribution in [2.45, 2.75) is 32.4 Å². The van der Waals surface area contributed by atoms with E-state index in [1.165, 1.54) is 19.4 Å². The van der Waals surface area contributed by atoms with Gasteiger partial charge in [0.15, 0.2) is 10.8 Å². The second-order valence-electron chi connectivity index (χ2n) is 5.40. The van der Waals surface area contributed by atoms with Gasteiger partial charge in [-0.15, -0.1) is 11.3 Å². The van der Waals surface area contributed by atoms with Crippen LogP contribution in [0.2, 0.25) is 0 Å². The van der Waals surface area contributed by atoms with E-state index in [4.69, 9.17) is 0 Å². The fraction of sp³-hybridized carbons (Fsp3) is 0.643. The molecule has 0 aromatic carbocycles. The van der Waals surface area contributed by atoms with E-state index in [1.54, 1.807) is 11.3 Å². The molecule has 0 radical (unpaired) electrons. The Balaban J connectivity index is 1.81. The Bertz CT molecular complexity index is 579. The molecule has 2 aromatic heterocycles. The van der Waals surface area contributed by atoms with Crippen molar-refractivity contribution in [1.29, 1.82) is 0 Å². The van der Waals surface area contributed by atoms with Crippen LogP contribution in [0.4, 0.5) is 5.82 Å². The number of likely N-dealkylation sites (tertiary alicyclic amines) is 1. The number of fused-ring (bicyclic) bond motifs is 1. The standard InChI is InChI=1S/C14H22N4OS/c1-3-17-6-4-5-11(17)9-16(2)13-12(10-19)18-7-8-20-14(18)15-13/h7-8,11,19H,3-6,9-10H2,1-2H3. The molecule has 0 bridgehead atoms. The second-order valence-corrected chi connectivity index (χ2v) is 6.27. The maximum absolute atomic E-state index is 9.64. The minimum atomic E-state index is 0.0275. The van der Waals surface area contributed by atoms with Gasteiger partial charge in [0.1, 0.15) is 0 Å². The van der Waals surface area contributed by atoms with Crippen molar-refractivity contribution in [3.63, 3.8) is 0 Å². The molecule has 110 valence electrons. The zero-order valence-electron chi connectivity index (χ0n) is 12.1. The minimum absolute atomic E-state index is 0.0275. The first-order valence-electron chi connectivity index (χ1n) is 7.25. The number of rotatable bonds is 5. The number of anilines is 1. The molecule has 0 saturated carbocycles. The first-order valence-corrected chi connectivity index (χ1v) is 8.13. The van der Waals surface area contributed by atoms with Crippen LogP contribution in [0, 0.1) is 0 Å². The Hall–Kier alpha value is -1.11. The molecule has 1 aliphatic heterocycles. The fourth-order valence-corrected chi connectivity index (χ4v) is 3.92. The third kappa shape index (κ3) is 2.32. The van der Waals surface area contributed by atoms with Crippen molar-refractivity contribution < 1.29 is 5.11 Å². The average molecular weight is 294 g/mol. The van der Waals surface area contributed by atoms with E-state index in [0.29, 0.717) is 6.04 Å². The van der Waals surface area contributed by atoms with Crippen LogP contribution in [0.5, 0.6) is 0 Å². The van der Waals surface area contributed by atoms with E-state index in [2.05, 4.69) is 28.8 Å². The lowest BCUT2D eigenvalue weighted by atomic mass is 10.2. The SMILES string of the molecule is CCN1CCCC1CN(C)c1nc2sccn2c1CO. The summed E-state index contributed by atoms with van der Waals surface area (Å²) < 4.78 is 1.99. The molecule has 1 atom stereocenters. The molecule has 2 aromatic rings. The van der Waals surface area contributed by atoms with Gasteiger partial charge in [-0.1, -0.05) is 6.92 Å². The summed E-state index contributed by atoms with van der Waals surface area (Å²) in [6.45, 7) is 5.55. The van der Waals surface area contributed by atoms with Crippen LogP contribution in [0.3, 0.4) is 0 Å². The molecule has 6 heteroatoms. The van der Waals surface area contributed by atoms with Gasteiger partial charge in [-0.3, -0.25) is 9.30 Å². The molecule has 1 N–H and O–H groups in total. The molecule has 1 unspecified atom stereocenters. The van der Waals surface area contributed by atoms with Gasteiger partial charge >= 0.3 is 0 Å². The Morgan fingerprint density at radius 2 is 2.40 bits per heavy atom. The van der Waals surface area contributed by atoms with Gasteiger partial charge in [0.2, 0.25) is 0 Å². The van der Waals surface area contributed by atoms with Crippen LogP contribution in [0.1, 0.15) is 25.5 Å². The molecule has 1 fully saturated rings. The number of nitrogens with zero attached hydrogens (tertiary/aromatic N) is 4. The number of aliphatic hydroxyl groups excluding tert-OH is 1. The van der Waals surface area contributed by atoms with Crippen LogP contribution in [0.25, 0.3) is 4.96 Å². The molecular weight excluding hydrogens is 272 g/mol. The van der Waals surface area contributed by atoms with E-state index in [0.717, 1.165) is 29.6 Å². The zero-order valence-corrected chi connectivity index (χ0v) is 12.9. The largest absolute Gasteiger partial charge is 0.390 e. The monoisotopic (exact) mass is 294 g/mol. The van der Waals surface area contributed by atoms with Gasteiger partial charge in [-0.05, 0) is 25.9 Å². The number of imidazole rings is 1. The van der Waals surface area contributed by atoms with Gasteiger partial charge in [-0.2, -0.15) is 0 Å². The van der Waals surface area contributed by atoms with Crippen LogP contribution >= 0.6 is 11.3 Å². The molecule has 0 spiro atoms. The van der Waals surface area contributed by atoms with Gasteiger partial charge in [-0.25, -0.2) is 4.98 Å². The molecule has 0 amide bonds. The summed E-state index contributed by atoms with van der Waals surface area (Å²) in [5, 5.41) is 11.6. The highest BCUT2D eigenvalue weighted by atomic mass is 32.1. The molecule has 0 aliphatic carbocycles. The lowest BCUT2D eigenvalue weighted by Gasteiger charge is -2.28. The molecule has 20 heavy (non-hydrogen) atoms. The summed E-state index contributed by atoms with van der Waals surface area (Å²) in [7, 11) is 2.08. The maximum Gasteiger partial charge on any atom is 0.195 e. The predicted octanol–water partition coefficient (Wildman–Crippen LogP) is 1.81. The van der Waals surface area contributed by atoms with Crippen molar-refractivity contribution in [3.05, 3.63) is 17.3 Å². The predicted molar refractivity (Wildman–Crippen MR) is 82.5 cm³/mol. The summed E-state index contributed by atoms with van der Waals surface area (Å²) in [5.74, 6) is 0.919. The third-order valence-electron chi connectivity index (χ3n) is 4.24.